The van der Waals surface area contributed by atoms with Crippen LogP contribution in [0.1, 0.15) is 0 Å². The van der Waals surface area contributed by atoms with Crippen LogP contribution in [-0.4, -0.2) is 4.57 Å². The molecular formula is C54H36N2S. The highest BCUT2D eigenvalue weighted by atomic mass is 32.1. The van der Waals surface area contributed by atoms with Gasteiger partial charge in [0.2, 0.25) is 0 Å². The van der Waals surface area contributed by atoms with Gasteiger partial charge in [-0.2, -0.15) is 0 Å². The van der Waals surface area contributed by atoms with Crippen LogP contribution in [0.2, 0.25) is 0 Å². The quantitative estimate of drug-likeness (QED) is 0.158. The number of thiophene rings is 1. The first-order valence-corrected chi connectivity index (χ1v) is 20.3. The molecule has 0 atom stereocenters. The fraction of sp³-hybridized carbons (Fsp3) is 0. The first-order chi connectivity index (χ1) is 28.3. The number of hydrogen-bond donors (Lipinski definition) is 0. The molecule has 2 nitrogen and oxygen atoms in total. The maximum atomic E-state index is 2.46. The summed E-state index contributed by atoms with van der Waals surface area (Å²) in [6.07, 6.45) is 0. The number of nitrogens with zero attached hydrogens (tertiary/aromatic N) is 2. The highest BCUT2D eigenvalue weighted by molar-refractivity contribution is 7.26. The van der Waals surface area contributed by atoms with Gasteiger partial charge in [0, 0.05) is 53.6 Å². The fourth-order valence-electron chi connectivity index (χ4n) is 8.65. The van der Waals surface area contributed by atoms with Gasteiger partial charge < -0.3 is 9.47 Å². The van der Waals surface area contributed by atoms with Gasteiger partial charge in [-0.3, -0.25) is 0 Å². The van der Waals surface area contributed by atoms with Gasteiger partial charge in [0.1, 0.15) is 0 Å². The van der Waals surface area contributed by atoms with Crippen LogP contribution in [0.15, 0.2) is 218 Å². The Morgan fingerprint density at radius 1 is 0.368 bits per heavy atom. The van der Waals surface area contributed by atoms with Crippen molar-refractivity contribution in [2.24, 2.45) is 0 Å². The Hall–Kier alpha value is -7.20. The Kier molecular flexibility index (Phi) is 8.04. The maximum absolute atomic E-state index is 2.46. The SMILES string of the molecule is c1ccc(-c2cccc(N(c3cccc(-c4ccccc4)c3)c3ccc(-c4cccc5c4c4ccccc4n5-c4ccccc4)c4sc5ccccc5c34)c2)cc1. The van der Waals surface area contributed by atoms with Crippen LogP contribution >= 0.6 is 11.3 Å². The molecule has 2 aromatic heterocycles. The molecule has 0 saturated heterocycles. The normalized spacial score (nSPS) is 11.5. The molecule has 0 N–H and O–H groups in total. The Morgan fingerprint density at radius 3 is 1.60 bits per heavy atom. The van der Waals surface area contributed by atoms with E-state index in [-0.39, 0.29) is 0 Å². The molecule has 11 rings (SSSR count). The first kappa shape index (κ1) is 33.2. The second kappa shape index (κ2) is 13.8. The summed E-state index contributed by atoms with van der Waals surface area (Å²) in [5.41, 5.74) is 14.2. The lowest BCUT2D eigenvalue weighted by Crippen LogP contribution is -2.10. The van der Waals surface area contributed by atoms with Gasteiger partial charge in [0.25, 0.3) is 0 Å². The predicted molar refractivity (Wildman–Crippen MR) is 245 cm³/mol. The van der Waals surface area contributed by atoms with Gasteiger partial charge >= 0.3 is 0 Å². The molecule has 3 heteroatoms. The van der Waals surface area contributed by atoms with Gasteiger partial charge in [-0.05, 0) is 88.5 Å². The lowest BCUT2D eigenvalue weighted by atomic mass is 9.96. The second-order valence-electron chi connectivity index (χ2n) is 14.5. The molecule has 0 aliphatic rings. The largest absolute Gasteiger partial charge is 0.310 e. The van der Waals surface area contributed by atoms with E-state index in [9.17, 15) is 0 Å². The monoisotopic (exact) mass is 744 g/mol. The Labute approximate surface area is 335 Å². The number of benzene rings is 9. The number of hydrogen-bond acceptors (Lipinski definition) is 2. The van der Waals surface area contributed by atoms with Crippen molar-refractivity contribution in [1.29, 1.82) is 0 Å². The highest BCUT2D eigenvalue weighted by Crippen LogP contribution is 2.50. The van der Waals surface area contributed by atoms with Crippen molar-refractivity contribution in [3.05, 3.63) is 218 Å². The molecular weight excluding hydrogens is 709 g/mol. The summed E-state index contributed by atoms with van der Waals surface area (Å²) in [7, 11) is 0. The van der Waals surface area contributed by atoms with Crippen molar-refractivity contribution in [3.63, 3.8) is 0 Å². The van der Waals surface area contributed by atoms with E-state index < -0.39 is 0 Å². The zero-order valence-corrected chi connectivity index (χ0v) is 31.9. The minimum absolute atomic E-state index is 1.11. The number of fused-ring (bicyclic) bond motifs is 6. The maximum Gasteiger partial charge on any atom is 0.0555 e. The van der Waals surface area contributed by atoms with E-state index in [2.05, 4.69) is 228 Å². The fourth-order valence-corrected chi connectivity index (χ4v) is 9.90. The van der Waals surface area contributed by atoms with Crippen LogP contribution in [-0.2, 0) is 0 Å². The highest BCUT2D eigenvalue weighted by Gasteiger charge is 2.24. The summed E-state index contributed by atoms with van der Waals surface area (Å²) in [5.74, 6) is 0. The molecule has 0 aliphatic carbocycles. The average Bonchev–Trinajstić information content (AvgIpc) is 3.85. The van der Waals surface area contributed by atoms with Crippen molar-refractivity contribution in [3.8, 4) is 39.1 Å². The van der Waals surface area contributed by atoms with Crippen LogP contribution in [0.25, 0.3) is 81.0 Å². The summed E-state index contributed by atoms with van der Waals surface area (Å²) in [6, 6.07) is 79.3. The average molecular weight is 745 g/mol. The van der Waals surface area contributed by atoms with E-state index in [4.69, 9.17) is 0 Å². The standard InChI is InChI=1S/C54H36N2S/c1-4-17-37(18-5-1)39-21-14-25-42(35-39)55(43-26-15-22-40(36-43)38-19-6-2-7-20-38)50-34-33-45(54-53(50)47-28-11-13-32-51(47)57-54)44-29-16-31-49-52(44)46-27-10-12-30-48(46)56(49)41-23-8-3-9-24-41/h1-36H. The number of rotatable bonds is 7. The predicted octanol–water partition coefficient (Wildman–Crippen LogP) is 15.6. The van der Waals surface area contributed by atoms with E-state index in [0.717, 1.165) is 22.7 Å². The molecule has 0 aliphatic heterocycles. The van der Waals surface area contributed by atoms with E-state index in [1.165, 1.54) is 75.4 Å². The third kappa shape index (κ3) is 5.63. The minimum atomic E-state index is 1.11. The van der Waals surface area contributed by atoms with E-state index in [1.54, 1.807) is 0 Å². The topological polar surface area (TPSA) is 8.17 Å². The minimum Gasteiger partial charge on any atom is -0.310 e. The Bertz CT molecular complexity index is 3150. The summed E-state index contributed by atoms with van der Waals surface area (Å²) in [4.78, 5) is 2.46. The molecule has 0 spiro atoms. The lowest BCUT2D eigenvalue weighted by molar-refractivity contribution is 1.18. The van der Waals surface area contributed by atoms with Crippen molar-refractivity contribution < 1.29 is 0 Å². The third-order valence-electron chi connectivity index (χ3n) is 11.2. The molecule has 57 heavy (non-hydrogen) atoms. The molecule has 0 radical (unpaired) electrons. The van der Waals surface area contributed by atoms with Crippen LogP contribution in [0, 0.1) is 0 Å². The third-order valence-corrected chi connectivity index (χ3v) is 12.4. The zero-order valence-electron chi connectivity index (χ0n) is 31.1. The Balaban J connectivity index is 1.19. The van der Waals surface area contributed by atoms with Crippen molar-refractivity contribution in [1.82, 2.24) is 4.57 Å². The first-order valence-electron chi connectivity index (χ1n) is 19.4. The van der Waals surface area contributed by atoms with Gasteiger partial charge in [-0.1, -0.05) is 158 Å². The number of aromatic nitrogens is 1. The van der Waals surface area contributed by atoms with E-state index in [1.807, 2.05) is 11.3 Å². The van der Waals surface area contributed by atoms with Crippen molar-refractivity contribution in [2.75, 3.05) is 4.90 Å². The van der Waals surface area contributed by atoms with E-state index >= 15 is 0 Å². The van der Waals surface area contributed by atoms with Crippen LogP contribution in [0.4, 0.5) is 17.1 Å². The zero-order chi connectivity index (χ0) is 37.7. The van der Waals surface area contributed by atoms with Crippen LogP contribution < -0.4 is 4.90 Å². The molecule has 9 aromatic carbocycles. The molecule has 0 amide bonds. The molecule has 0 bridgehead atoms. The summed E-state index contributed by atoms with van der Waals surface area (Å²) in [5, 5.41) is 5.04. The van der Waals surface area contributed by atoms with Crippen molar-refractivity contribution >= 4 is 70.4 Å². The summed E-state index contributed by atoms with van der Waals surface area (Å²) < 4.78 is 4.96. The van der Waals surface area contributed by atoms with Crippen LogP contribution in [0.5, 0.6) is 0 Å². The molecule has 0 unspecified atom stereocenters. The number of para-hydroxylation sites is 2. The van der Waals surface area contributed by atoms with Crippen molar-refractivity contribution in [2.45, 2.75) is 0 Å². The summed E-state index contributed by atoms with van der Waals surface area (Å²) >= 11 is 1.89. The van der Waals surface area contributed by atoms with Gasteiger partial charge in [0.05, 0.1) is 16.7 Å². The van der Waals surface area contributed by atoms with Gasteiger partial charge in [0.15, 0.2) is 0 Å². The molecule has 2 heterocycles. The number of anilines is 3. The van der Waals surface area contributed by atoms with Gasteiger partial charge in [-0.15, -0.1) is 11.3 Å². The molecule has 0 saturated carbocycles. The molecule has 268 valence electrons. The Morgan fingerprint density at radius 2 is 0.912 bits per heavy atom. The lowest BCUT2D eigenvalue weighted by Gasteiger charge is -2.28. The van der Waals surface area contributed by atoms with Gasteiger partial charge in [-0.25, -0.2) is 0 Å². The summed E-state index contributed by atoms with van der Waals surface area (Å²) in [6.45, 7) is 0. The van der Waals surface area contributed by atoms with E-state index in [0.29, 0.717) is 0 Å². The molecule has 11 aromatic rings. The second-order valence-corrected chi connectivity index (χ2v) is 15.5. The smallest absolute Gasteiger partial charge is 0.0555 e. The van der Waals surface area contributed by atoms with Crippen LogP contribution in [0.3, 0.4) is 0 Å². The molecule has 0 fully saturated rings.